The Labute approximate surface area is 129 Å². The minimum Gasteiger partial charge on any atom is -0.497 e. The lowest BCUT2D eigenvalue weighted by Crippen LogP contribution is -2.09. The normalized spacial score (nSPS) is 9.95. The lowest BCUT2D eigenvalue weighted by molar-refractivity contribution is 0.0465. The summed E-state index contributed by atoms with van der Waals surface area (Å²) in [6.07, 6.45) is 0. The molecule has 2 rings (SSSR count). The Kier molecular flexibility index (Phi) is 5.25. The second-order valence-electron chi connectivity index (χ2n) is 4.47. The van der Waals surface area contributed by atoms with E-state index in [1.165, 1.54) is 14.2 Å². The lowest BCUT2D eigenvalue weighted by atomic mass is 10.1. The van der Waals surface area contributed by atoms with E-state index in [0.29, 0.717) is 17.2 Å². The molecule has 0 bridgehead atoms. The molecular weight excluding hydrogens is 284 g/mol. The molecule has 0 aliphatic rings. The minimum atomic E-state index is -0.503. The number of hydrogen-bond acceptors (Lipinski definition) is 5. The van der Waals surface area contributed by atoms with Crippen molar-refractivity contribution in [3.63, 3.8) is 0 Å². The van der Waals surface area contributed by atoms with Crippen molar-refractivity contribution in [2.75, 3.05) is 21.3 Å². The van der Waals surface area contributed by atoms with Crippen LogP contribution in [0, 0.1) is 0 Å². The molecule has 5 heteroatoms. The standard InChI is InChI=1S/C17H18O5/c1-19-13-7-4-6-12(10-13)11-22-17(18)16-14(20-2)8-5-9-15(16)21-3/h4-10H,11H2,1-3H3. The van der Waals surface area contributed by atoms with Gasteiger partial charge in [0.2, 0.25) is 0 Å². The smallest absolute Gasteiger partial charge is 0.346 e. The van der Waals surface area contributed by atoms with Crippen molar-refractivity contribution in [3.05, 3.63) is 53.6 Å². The van der Waals surface area contributed by atoms with Crippen LogP contribution in [0.2, 0.25) is 0 Å². The van der Waals surface area contributed by atoms with Gasteiger partial charge in [0.1, 0.15) is 29.4 Å². The third kappa shape index (κ3) is 3.49. The van der Waals surface area contributed by atoms with Gasteiger partial charge in [-0.1, -0.05) is 18.2 Å². The maximum atomic E-state index is 12.3. The van der Waals surface area contributed by atoms with Crippen molar-refractivity contribution in [2.45, 2.75) is 6.61 Å². The zero-order chi connectivity index (χ0) is 15.9. The van der Waals surface area contributed by atoms with Gasteiger partial charge in [0.15, 0.2) is 0 Å². The Hall–Kier alpha value is -2.69. The first-order chi connectivity index (χ1) is 10.7. The zero-order valence-electron chi connectivity index (χ0n) is 12.8. The largest absolute Gasteiger partial charge is 0.497 e. The van der Waals surface area contributed by atoms with E-state index in [2.05, 4.69) is 0 Å². The fourth-order valence-corrected chi connectivity index (χ4v) is 2.04. The van der Waals surface area contributed by atoms with Crippen LogP contribution >= 0.6 is 0 Å². The number of methoxy groups -OCH3 is 3. The van der Waals surface area contributed by atoms with Gasteiger partial charge in [0.05, 0.1) is 21.3 Å². The van der Waals surface area contributed by atoms with Crippen molar-refractivity contribution in [2.24, 2.45) is 0 Å². The summed E-state index contributed by atoms with van der Waals surface area (Å²) < 4.78 is 20.9. The van der Waals surface area contributed by atoms with Crippen LogP contribution in [0.4, 0.5) is 0 Å². The molecule has 0 saturated heterocycles. The van der Waals surface area contributed by atoms with Gasteiger partial charge in [-0.2, -0.15) is 0 Å². The highest BCUT2D eigenvalue weighted by Crippen LogP contribution is 2.29. The lowest BCUT2D eigenvalue weighted by Gasteiger charge is -2.12. The molecule has 22 heavy (non-hydrogen) atoms. The van der Waals surface area contributed by atoms with Crippen LogP contribution in [0.25, 0.3) is 0 Å². The average Bonchev–Trinajstić information content (AvgIpc) is 2.58. The van der Waals surface area contributed by atoms with Gasteiger partial charge in [0, 0.05) is 0 Å². The molecule has 0 atom stereocenters. The monoisotopic (exact) mass is 302 g/mol. The van der Waals surface area contributed by atoms with E-state index in [9.17, 15) is 4.79 Å². The maximum absolute atomic E-state index is 12.3. The summed E-state index contributed by atoms with van der Waals surface area (Å²) in [7, 11) is 4.58. The van der Waals surface area contributed by atoms with E-state index in [4.69, 9.17) is 18.9 Å². The molecule has 0 N–H and O–H groups in total. The van der Waals surface area contributed by atoms with Gasteiger partial charge in [-0.15, -0.1) is 0 Å². The van der Waals surface area contributed by atoms with E-state index in [-0.39, 0.29) is 12.2 Å². The van der Waals surface area contributed by atoms with Crippen LogP contribution in [-0.2, 0) is 11.3 Å². The summed E-state index contributed by atoms with van der Waals surface area (Å²) in [5.41, 5.74) is 1.11. The van der Waals surface area contributed by atoms with E-state index < -0.39 is 5.97 Å². The fourth-order valence-electron chi connectivity index (χ4n) is 2.04. The average molecular weight is 302 g/mol. The molecule has 116 valence electrons. The van der Waals surface area contributed by atoms with E-state index >= 15 is 0 Å². The highest BCUT2D eigenvalue weighted by atomic mass is 16.5. The molecule has 2 aromatic carbocycles. The number of hydrogen-bond donors (Lipinski definition) is 0. The van der Waals surface area contributed by atoms with Gasteiger partial charge >= 0.3 is 5.97 Å². The Morgan fingerprint density at radius 1 is 0.909 bits per heavy atom. The van der Waals surface area contributed by atoms with Crippen molar-refractivity contribution >= 4 is 5.97 Å². The predicted octanol–water partition coefficient (Wildman–Crippen LogP) is 3.07. The van der Waals surface area contributed by atoms with Crippen LogP contribution in [0.15, 0.2) is 42.5 Å². The Morgan fingerprint density at radius 2 is 1.55 bits per heavy atom. The van der Waals surface area contributed by atoms with Crippen LogP contribution in [0.1, 0.15) is 15.9 Å². The number of esters is 1. The fraction of sp³-hybridized carbons (Fsp3) is 0.235. The predicted molar refractivity (Wildman–Crippen MR) is 81.7 cm³/mol. The molecule has 0 unspecified atom stereocenters. The third-order valence-electron chi connectivity index (χ3n) is 3.14. The van der Waals surface area contributed by atoms with Crippen LogP contribution in [-0.4, -0.2) is 27.3 Å². The first-order valence-corrected chi connectivity index (χ1v) is 6.70. The first-order valence-electron chi connectivity index (χ1n) is 6.70. The SMILES string of the molecule is COc1cccc(COC(=O)c2c(OC)cccc2OC)c1. The first kappa shape index (κ1) is 15.7. The third-order valence-corrected chi connectivity index (χ3v) is 3.14. The Morgan fingerprint density at radius 3 is 2.14 bits per heavy atom. The highest BCUT2D eigenvalue weighted by molar-refractivity contribution is 5.95. The van der Waals surface area contributed by atoms with Gasteiger partial charge in [-0.05, 0) is 29.8 Å². The highest BCUT2D eigenvalue weighted by Gasteiger charge is 2.19. The number of rotatable bonds is 6. The Bertz CT molecular complexity index is 629. The van der Waals surface area contributed by atoms with Crippen LogP contribution < -0.4 is 14.2 Å². The van der Waals surface area contributed by atoms with Crippen molar-refractivity contribution in [1.82, 2.24) is 0 Å². The van der Waals surface area contributed by atoms with Crippen LogP contribution in [0.5, 0.6) is 17.2 Å². The second-order valence-corrected chi connectivity index (χ2v) is 4.47. The van der Waals surface area contributed by atoms with Gasteiger partial charge < -0.3 is 18.9 Å². The molecule has 0 radical (unpaired) electrons. The molecule has 0 fully saturated rings. The molecule has 0 aromatic heterocycles. The Balaban J connectivity index is 2.15. The van der Waals surface area contributed by atoms with Crippen molar-refractivity contribution < 1.29 is 23.7 Å². The van der Waals surface area contributed by atoms with E-state index in [1.54, 1.807) is 25.3 Å². The molecule has 2 aromatic rings. The number of ether oxygens (including phenoxy) is 4. The summed E-state index contributed by atoms with van der Waals surface area (Å²) >= 11 is 0. The summed E-state index contributed by atoms with van der Waals surface area (Å²) in [4.78, 5) is 12.3. The number of carbonyl (C=O) groups is 1. The minimum absolute atomic E-state index is 0.136. The summed E-state index contributed by atoms with van der Waals surface area (Å²) in [6, 6.07) is 12.5. The molecule has 0 spiro atoms. The summed E-state index contributed by atoms with van der Waals surface area (Å²) in [5.74, 6) is 1.03. The maximum Gasteiger partial charge on any atom is 0.346 e. The van der Waals surface area contributed by atoms with E-state index in [1.807, 2.05) is 24.3 Å². The topological polar surface area (TPSA) is 54.0 Å². The van der Waals surface area contributed by atoms with Gasteiger partial charge in [0.25, 0.3) is 0 Å². The molecular formula is C17H18O5. The quantitative estimate of drug-likeness (QED) is 0.768. The van der Waals surface area contributed by atoms with Gasteiger partial charge in [-0.25, -0.2) is 4.79 Å². The molecule has 0 aliphatic carbocycles. The van der Waals surface area contributed by atoms with E-state index in [0.717, 1.165) is 5.56 Å². The number of benzene rings is 2. The summed E-state index contributed by atoms with van der Waals surface area (Å²) in [5, 5.41) is 0. The number of carbonyl (C=O) groups excluding carboxylic acids is 1. The zero-order valence-corrected chi connectivity index (χ0v) is 12.8. The molecule has 0 heterocycles. The molecule has 5 nitrogen and oxygen atoms in total. The van der Waals surface area contributed by atoms with Gasteiger partial charge in [-0.3, -0.25) is 0 Å². The molecule has 0 saturated carbocycles. The van der Waals surface area contributed by atoms with Crippen LogP contribution in [0.3, 0.4) is 0 Å². The second kappa shape index (κ2) is 7.36. The molecule has 0 amide bonds. The van der Waals surface area contributed by atoms with Crippen molar-refractivity contribution in [3.8, 4) is 17.2 Å². The summed E-state index contributed by atoms with van der Waals surface area (Å²) in [6.45, 7) is 0.136. The van der Waals surface area contributed by atoms with Crippen molar-refractivity contribution in [1.29, 1.82) is 0 Å². The molecule has 0 aliphatic heterocycles.